The van der Waals surface area contributed by atoms with Crippen LogP contribution in [0.1, 0.15) is 19.8 Å². The van der Waals surface area contributed by atoms with Crippen LogP contribution >= 0.6 is 0 Å². The van der Waals surface area contributed by atoms with Crippen molar-refractivity contribution in [3.05, 3.63) is 0 Å². The highest BCUT2D eigenvalue weighted by atomic mass is 16.5. The Hall–Kier alpha value is -1.06. The number of hydrogen-bond acceptors (Lipinski definition) is 3. The SMILES string of the molecule is CCOC(=O)[C@H]1CCNC(=O)C1. The summed E-state index contributed by atoms with van der Waals surface area (Å²) in [6.45, 7) is 2.74. The molecule has 0 radical (unpaired) electrons. The van der Waals surface area contributed by atoms with Crippen molar-refractivity contribution in [1.29, 1.82) is 0 Å². The van der Waals surface area contributed by atoms with Gasteiger partial charge in [-0.2, -0.15) is 0 Å². The van der Waals surface area contributed by atoms with Crippen LogP contribution in [0.2, 0.25) is 0 Å². The first-order chi connectivity index (χ1) is 5.74. The van der Waals surface area contributed by atoms with E-state index in [-0.39, 0.29) is 24.2 Å². The van der Waals surface area contributed by atoms with Gasteiger partial charge in [-0.3, -0.25) is 9.59 Å². The van der Waals surface area contributed by atoms with Gasteiger partial charge in [-0.25, -0.2) is 0 Å². The molecule has 1 heterocycles. The fraction of sp³-hybridized carbons (Fsp3) is 0.750. The molecule has 1 N–H and O–H groups in total. The van der Waals surface area contributed by atoms with Gasteiger partial charge in [0.2, 0.25) is 5.91 Å². The summed E-state index contributed by atoms with van der Waals surface area (Å²) in [7, 11) is 0. The molecule has 0 spiro atoms. The molecule has 0 bridgehead atoms. The minimum Gasteiger partial charge on any atom is -0.466 e. The largest absolute Gasteiger partial charge is 0.466 e. The molecule has 0 aromatic carbocycles. The van der Waals surface area contributed by atoms with Crippen LogP contribution in [-0.2, 0) is 14.3 Å². The van der Waals surface area contributed by atoms with Gasteiger partial charge in [0.25, 0.3) is 0 Å². The lowest BCUT2D eigenvalue weighted by atomic mass is 9.98. The van der Waals surface area contributed by atoms with Crippen LogP contribution in [0.4, 0.5) is 0 Å². The molecule has 0 aliphatic carbocycles. The summed E-state index contributed by atoms with van der Waals surface area (Å²) in [4.78, 5) is 22.0. The van der Waals surface area contributed by atoms with E-state index in [4.69, 9.17) is 4.74 Å². The van der Waals surface area contributed by atoms with Gasteiger partial charge < -0.3 is 10.1 Å². The third-order valence-electron chi connectivity index (χ3n) is 1.87. The Balaban J connectivity index is 2.40. The lowest BCUT2D eigenvalue weighted by Crippen LogP contribution is -2.37. The molecular weight excluding hydrogens is 158 g/mol. The molecule has 1 amide bonds. The Morgan fingerprint density at radius 1 is 1.75 bits per heavy atom. The van der Waals surface area contributed by atoms with Gasteiger partial charge in [0, 0.05) is 13.0 Å². The number of piperidine rings is 1. The Labute approximate surface area is 71.3 Å². The van der Waals surface area contributed by atoms with Crippen molar-refractivity contribution in [3.63, 3.8) is 0 Å². The molecule has 1 atom stereocenters. The quantitative estimate of drug-likeness (QED) is 0.598. The predicted molar refractivity (Wildman–Crippen MR) is 42.4 cm³/mol. The zero-order valence-corrected chi connectivity index (χ0v) is 7.13. The molecule has 4 nitrogen and oxygen atoms in total. The summed E-state index contributed by atoms with van der Waals surface area (Å²) in [6, 6.07) is 0. The van der Waals surface area contributed by atoms with Gasteiger partial charge in [-0.1, -0.05) is 0 Å². The summed E-state index contributed by atoms with van der Waals surface area (Å²) < 4.78 is 4.81. The zero-order chi connectivity index (χ0) is 8.97. The molecule has 1 aliphatic rings. The summed E-state index contributed by atoms with van der Waals surface area (Å²) in [6.07, 6.45) is 0.976. The molecule has 0 saturated carbocycles. The van der Waals surface area contributed by atoms with Crippen LogP contribution < -0.4 is 5.32 Å². The number of nitrogens with one attached hydrogen (secondary N) is 1. The second-order valence-electron chi connectivity index (χ2n) is 2.79. The van der Waals surface area contributed by atoms with Crippen molar-refractivity contribution in [2.75, 3.05) is 13.2 Å². The summed E-state index contributed by atoms with van der Waals surface area (Å²) in [5.74, 6) is -0.523. The summed E-state index contributed by atoms with van der Waals surface area (Å²) >= 11 is 0. The van der Waals surface area contributed by atoms with Crippen LogP contribution in [0.15, 0.2) is 0 Å². The summed E-state index contributed by atoms with van der Waals surface area (Å²) in [5, 5.41) is 2.66. The highest BCUT2D eigenvalue weighted by Gasteiger charge is 2.26. The zero-order valence-electron chi connectivity index (χ0n) is 7.13. The monoisotopic (exact) mass is 171 g/mol. The second kappa shape index (κ2) is 4.09. The standard InChI is InChI=1S/C8H13NO3/c1-2-12-8(11)6-3-4-9-7(10)5-6/h6H,2-5H2,1H3,(H,9,10)/t6-/m0/s1. The molecule has 4 heteroatoms. The van der Waals surface area contributed by atoms with Gasteiger partial charge >= 0.3 is 5.97 Å². The number of esters is 1. The first-order valence-electron chi connectivity index (χ1n) is 4.17. The molecule has 0 aromatic heterocycles. The van der Waals surface area contributed by atoms with E-state index >= 15 is 0 Å². The number of hydrogen-bond donors (Lipinski definition) is 1. The molecule has 1 fully saturated rings. The number of carbonyl (C=O) groups excluding carboxylic acids is 2. The molecule has 1 rings (SSSR count). The summed E-state index contributed by atoms with van der Waals surface area (Å²) in [5.41, 5.74) is 0. The van der Waals surface area contributed by atoms with Gasteiger partial charge in [-0.05, 0) is 13.3 Å². The van der Waals surface area contributed by atoms with Crippen LogP contribution in [0.5, 0.6) is 0 Å². The average Bonchev–Trinajstić information content (AvgIpc) is 2.05. The first-order valence-corrected chi connectivity index (χ1v) is 4.17. The van der Waals surface area contributed by atoms with Gasteiger partial charge in [0.15, 0.2) is 0 Å². The van der Waals surface area contributed by atoms with Gasteiger partial charge in [0.1, 0.15) is 0 Å². The predicted octanol–water partition coefficient (Wildman–Crippen LogP) is 0.0757. The second-order valence-corrected chi connectivity index (χ2v) is 2.79. The first kappa shape index (κ1) is 9.03. The number of carbonyl (C=O) groups is 2. The number of rotatable bonds is 2. The normalized spacial score (nSPS) is 23.1. The minimum absolute atomic E-state index is 0.0562. The van der Waals surface area contributed by atoms with Crippen molar-refractivity contribution in [2.45, 2.75) is 19.8 Å². The number of ether oxygens (including phenoxy) is 1. The van der Waals surface area contributed by atoms with Crippen LogP contribution in [0.25, 0.3) is 0 Å². The lowest BCUT2D eigenvalue weighted by molar-refractivity contribution is -0.151. The molecule has 12 heavy (non-hydrogen) atoms. The molecule has 1 saturated heterocycles. The Kier molecular flexibility index (Phi) is 3.08. The Morgan fingerprint density at radius 2 is 2.50 bits per heavy atom. The topological polar surface area (TPSA) is 55.4 Å². The molecule has 68 valence electrons. The Morgan fingerprint density at radius 3 is 3.08 bits per heavy atom. The average molecular weight is 171 g/mol. The van der Waals surface area contributed by atoms with Crippen molar-refractivity contribution < 1.29 is 14.3 Å². The third kappa shape index (κ3) is 2.22. The fourth-order valence-electron chi connectivity index (χ4n) is 1.25. The maximum Gasteiger partial charge on any atom is 0.309 e. The van der Waals surface area contributed by atoms with Crippen LogP contribution in [0.3, 0.4) is 0 Å². The third-order valence-corrected chi connectivity index (χ3v) is 1.87. The van der Waals surface area contributed by atoms with Gasteiger partial charge in [-0.15, -0.1) is 0 Å². The van der Waals surface area contributed by atoms with Crippen molar-refractivity contribution in [2.24, 2.45) is 5.92 Å². The van der Waals surface area contributed by atoms with E-state index in [0.717, 1.165) is 0 Å². The maximum atomic E-state index is 11.1. The van der Waals surface area contributed by atoms with Crippen molar-refractivity contribution in [3.8, 4) is 0 Å². The van der Waals surface area contributed by atoms with E-state index in [0.29, 0.717) is 19.6 Å². The smallest absolute Gasteiger partial charge is 0.309 e. The molecule has 1 aliphatic heterocycles. The van der Waals surface area contributed by atoms with Gasteiger partial charge in [0.05, 0.1) is 12.5 Å². The lowest BCUT2D eigenvalue weighted by Gasteiger charge is -2.19. The highest BCUT2D eigenvalue weighted by molar-refractivity contribution is 5.84. The van der Waals surface area contributed by atoms with E-state index in [1.165, 1.54) is 0 Å². The van der Waals surface area contributed by atoms with E-state index < -0.39 is 0 Å². The van der Waals surface area contributed by atoms with E-state index in [2.05, 4.69) is 5.32 Å². The van der Waals surface area contributed by atoms with Crippen molar-refractivity contribution in [1.82, 2.24) is 5.32 Å². The minimum atomic E-state index is -0.243. The van der Waals surface area contributed by atoms with E-state index in [9.17, 15) is 9.59 Å². The van der Waals surface area contributed by atoms with Crippen LogP contribution in [-0.4, -0.2) is 25.0 Å². The fourth-order valence-corrected chi connectivity index (χ4v) is 1.25. The molecule has 0 unspecified atom stereocenters. The Bertz CT molecular complexity index is 191. The molecule has 0 aromatic rings. The van der Waals surface area contributed by atoms with Crippen molar-refractivity contribution >= 4 is 11.9 Å². The maximum absolute atomic E-state index is 11.1. The van der Waals surface area contributed by atoms with Crippen LogP contribution in [0, 0.1) is 5.92 Å². The van der Waals surface area contributed by atoms with E-state index in [1.54, 1.807) is 6.92 Å². The van der Waals surface area contributed by atoms with E-state index in [1.807, 2.05) is 0 Å². The highest BCUT2D eigenvalue weighted by Crippen LogP contribution is 2.13. The molecular formula is C8H13NO3. The number of amides is 1.